The molecule has 3 aliphatic carbocycles. The van der Waals surface area contributed by atoms with Gasteiger partial charge in [-0.1, -0.05) is 31.6 Å². The van der Waals surface area contributed by atoms with Gasteiger partial charge in [-0.2, -0.15) is 0 Å². The van der Waals surface area contributed by atoms with Crippen LogP contribution in [0.1, 0.15) is 71.5 Å². The lowest BCUT2D eigenvalue weighted by atomic mass is 9.48. The normalized spacial score (nSPS) is 35.4. The summed E-state index contributed by atoms with van der Waals surface area (Å²) in [6.45, 7) is 7.71. The van der Waals surface area contributed by atoms with Crippen molar-refractivity contribution >= 4 is 22.8 Å². The molecule has 2 aromatic rings. The Kier molecular flexibility index (Phi) is 5.81. The molecule has 1 unspecified atom stereocenters. The molecule has 2 heterocycles. The molecule has 1 aliphatic heterocycles. The maximum absolute atomic E-state index is 13.6. The van der Waals surface area contributed by atoms with Gasteiger partial charge in [0.05, 0.1) is 11.0 Å². The number of para-hydroxylation sites is 2. The number of imidazole rings is 1. The van der Waals surface area contributed by atoms with E-state index in [0.29, 0.717) is 30.7 Å². The third-order valence-electron chi connectivity index (χ3n) is 11.2. The molecule has 4 aliphatic rings. The summed E-state index contributed by atoms with van der Waals surface area (Å²) in [5.74, 6) is 3.42. The van der Waals surface area contributed by atoms with E-state index in [2.05, 4.69) is 43.8 Å². The van der Waals surface area contributed by atoms with Gasteiger partial charge in [-0.05, 0) is 80.8 Å². The highest BCUT2D eigenvalue weighted by Gasteiger charge is 2.61. The molecule has 198 valence electrons. The Labute approximate surface area is 220 Å². The molecule has 1 N–H and O–H groups in total. The van der Waals surface area contributed by atoms with E-state index in [1.807, 2.05) is 30.1 Å². The number of amides is 2. The zero-order chi connectivity index (χ0) is 26.1. The molecular formula is C31H42N4O2. The number of allylic oxidation sites excluding steroid dienone is 2. The second kappa shape index (κ2) is 8.71. The van der Waals surface area contributed by atoms with E-state index in [1.165, 1.54) is 11.3 Å². The number of carbonyl (C=O) groups excluding carboxylic acids is 2. The fraction of sp³-hybridized carbons (Fsp3) is 0.645. The van der Waals surface area contributed by atoms with Crippen molar-refractivity contribution in [2.75, 3.05) is 13.6 Å². The van der Waals surface area contributed by atoms with Crippen molar-refractivity contribution < 1.29 is 9.59 Å². The maximum Gasteiger partial charge on any atom is 0.226 e. The lowest BCUT2D eigenvalue weighted by Crippen LogP contribution is -2.55. The van der Waals surface area contributed by atoms with Crippen LogP contribution >= 0.6 is 0 Å². The minimum Gasteiger partial charge on any atom is -0.355 e. The van der Waals surface area contributed by atoms with Crippen LogP contribution in [0.4, 0.5) is 0 Å². The first-order valence-electron chi connectivity index (χ1n) is 14.3. The highest BCUT2D eigenvalue weighted by molar-refractivity contribution is 5.81. The van der Waals surface area contributed by atoms with E-state index in [-0.39, 0.29) is 28.6 Å². The summed E-state index contributed by atoms with van der Waals surface area (Å²) in [5.41, 5.74) is 5.00. The van der Waals surface area contributed by atoms with Crippen molar-refractivity contribution in [3.63, 3.8) is 0 Å². The van der Waals surface area contributed by atoms with Crippen LogP contribution < -0.4 is 5.32 Å². The average molecular weight is 503 g/mol. The lowest BCUT2D eigenvalue weighted by Gasteiger charge is -2.59. The van der Waals surface area contributed by atoms with E-state index in [1.54, 1.807) is 0 Å². The van der Waals surface area contributed by atoms with Crippen molar-refractivity contribution in [1.82, 2.24) is 19.8 Å². The number of carbonyl (C=O) groups is 2. The van der Waals surface area contributed by atoms with E-state index < -0.39 is 0 Å². The molecule has 1 saturated heterocycles. The van der Waals surface area contributed by atoms with Crippen LogP contribution in [0, 0.1) is 34.5 Å². The van der Waals surface area contributed by atoms with Crippen LogP contribution in [0.25, 0.3) is 11.0 Å². The van der Waals surface area contributed by atoms with Crippen molar-refractivity contribution in [2.45, 2.75) is 72.1 Å². The Bertz CT molecular complexity index is 1290. The van der Waals surface area contributed by atoms with Crippen molar-refractivity contribution in [3.8, 4) is 0 Å². The number of hydrogen-bond acceptors (Lipinski definition) is 3. The standard InChI is InChI=1S/C31H42N4O2/c1-19-18-20-21-10-11-23(29(37)32-17-14-26-33-24-8-6-7-9-25(24)34(26)4)30(21,2)15-12-22(20)31(3)16-13-27(36)35(5)28(19)31/h6-9,20-23H,10-18H2,1-5H3,(H,32,37)/t20-,21-,22+,23?,30-,31+/m0/s1. The van der Waals surface area contributed by atoms with Gasteiger partial charge in [0.15, 0.2) is 0 Å². The quantitative estimate of drug-likeness (QED) is 0.623. The second-order valence-electron chi connectivity index (χ2n) is 12.9. The van der Waals surface area contributed by atoms with Gasteiger partial charge < -0.3 is 14.8 Å². The molecule has 0 radical (unpaired) electrons. The van der Waals surface area contributed by atoms with Crippen LogP contribution in [0.15, 0.2) is 35.5 Å². The average Bonchev–Trinajstić information content (AvgIpc) is 3.38. The van der Waals surface area contributed by atoms with E-state index in [9.17, 15) is 9.59 Å². The van der Waals surface area contributed by atoms with Crippen LogP contribution in [0.2, 0.25) is 0 Å². The summed E-state index contributed by atoms with van der Waals surface area (Å²) in [6.07, 6.45) is 7.87. The minimum atomic E-state index is 0.0632. The number of aromatic nitrogens is 2. The van der Waals surface area contributed by atoms with Gasteiger partial charge in [-0.25, -0.2) is 4.98 Å². The molecule has 0 spiro atoms. The third-order valence-corrected chi connectivity index (χ3v) is 11.2. The predicted molar refractivity (Wildman–Crippen MR) is 145 cm³/mol. The molecule has 6 atom stereocenters. The number of nitrogens with zero attached hydrogens (tertiary/aromatic N) is 3. The largest absolute Gasteiger partial charge is 0.355 e. The van der Waals surface area contributed by atoms with Gasteiger partial charge in [0.2, 0.25) is 11.8 Å². The lowest BCUT2D eigenvalue weighted by molar-refractivity contribution is -0.138. The number of rotatable bonds is 4. The van der Waals surface area contributed by atoms with Gasteiger partial charge in [0.25, 0.3) is 0 Å². The van der Waals surface area contributed by atoms with E-state index in [0.717, 1.165) is 61.8 Å². The molecule has 0 bridgehead atoms. The maximum atomic E-state index is 13.6. The molecule has 2 amide bonds. The zero-order valence-electron chi connectivity index (χ0n) is 23.1. The van der Waals surface area contributed by atoms with Crippen molar-refractivity contribution in [2.24, 2.45) is 41.5 Å². The molecule has 6 nitrogen and oxygen atoms in total. The van der Waals surface area contributed by atoms with Crippen LogP contribution in [0.5, 0.6) is 0 Å². The van der Waals surface area contributed by atoms with E-state index in [4.69, 9.17) is 4.98 Å². The smallest absolute Gasteiger partial charge is 0.226 e. The Morgan fingerprint density at radius 2 is 1.89 bits per heavy atom. The van der Waals surface area contributed by atoms with Crippen molar-refractivity contribution in [3.05, 3.63) is 41.4 Å². The summed E-state index contributed by atoms with van der Waals surface area (Å²) in [7, 11) is 4.04. The minimum absolute atomic E-state index is 0.0632. The third kappa shape index (κ3) is 3.61. The summed E-state index contributed by atoms with van der Waals surface area (Å²) < 4.78 is 2.14. The van der Waals surface area contributed by atoms with Crippen molar-refractivity contribution in [1.29, 1.82) is 0 Å². The number of nitrogens with one attached hydrogen (secondary N) is 1. The summed E-state index contributed by atoms with van der Waals surface area (Å²) in [6, 6.07) is 8.19. The molecule has 3 fully saturated rings. The Balaban J connectivity index is 1.16. The molecular weight excluding hydrogens is 460 g/mol. The Morgan fingerprint density at radius 1 is 1.11 bits per heavy atom. The topological polar surface area (TPSA) is 67.2 Å². The number of benzene rings is 1. The zero-order valence-corrected chi connectivity index (χ0v) is 23.1. The second-order valence-corrected chi connectivity index (χ2v) is 12.9. The van der Waals surface area contributed by atoms with Crippen LogP contribution in [0.3, 0.4) is 0 Å². The summed E-state index contributed by atoms with van der Waals surface area (Å²) >= 11 is 0. The van der Waals surface area contributed by atoms with Crippen LogP contribution in [-0.2, 0) is 23.1 Å². The molecule has 2 saturated carbocycles. The SMILES string of the molecule is CC1=C2N(C)C(=O)CC[C@]2(C)[C@@H]2CC[C@]3(C)C(C(=O)NCCc4nc5ccccc5n4C)CC[C@H]3[C@@H]2C1. The van der Waals surface area contributed by atoms with Gasteiger partial charge in [0, 0.05) is 50.5 Å². The number of hydrogen-bond donors (Lipinski definition) is 1. The molecule has 6 rings (SSSR count). The fourth-order valence-electron chi connectivity index (χ4n) is 9.38. The highest BCUT2D eigenvalue weighted by Crippen LogP contribution is 2.66. The predicted octanol–water partition coefficient (Wildman–Crippen LogP) is 5.23. The monoisotopic (exact) mass is 502 g/mol. The number of piperidine rings is 1. The number of likely N-dealkylation sites (tertiary alicyclic amines) is 1. The Morgan fingerprint density at radius 3 is 2.68 bits per heavy atom. The molecule has 1 aromatic heterocycles. The van der Waals surface area contributed by atoms with Gasteiger partial charge in [-0.15, -0.1) is 0 Å². The summed E-state index contributed by atoms with van der Waals surface area (Å²) in [4.78, 5) is 32.8. The first-order valence-corrected chi connectivity index (χ1v) is 14.3. The first kappa shape index (κ1) is 24.7. The molecule has 6 heteroatoms. The highest BCUT2D eigenvalue weighted by atomic mass is 16.2. The van der Waals surface area contributed by atoms with Crippen LogP contribution in [-0.4, -0.2) is 39.9 Å². The molecule has 37 heavy (non-hydrogen) atoms. The first-order chi connectivity index (χ1) is 17.6. The number of fused-ring (bicyclic) bond motifs is 6. The Hall–Kier alpha value is -2.63. The number of aryl methyl sites for hydroxylation is 1. The molecule has 1 aromatic carbocycles. The van der Waals surface area contributed by atoms with E-state index >= 15 is 0 Å². The van der Waals surface area contributed by atoms with Gasteiger partial charge in [-0.3, -0.25) is 9.59 Å². The van der Waals surface area contributed by atoms with Gasteiger partial charge >= 0.3 is 0 Å². The summed E-state index contributed by atoms with van der Waals surface area (Å²) in [5, 5.41) is 3.30. The van der Waals surface area contributed by atoms with Gasteiger partial charge in [0.1, 0.15) is 5.82 Å². The fourth-order valence-corrected chi connectivity index (χ4v) is 9.38.